The molecule has 1 N–H and O–H groups in total. The van der Waals surface area contributed by atoms with Gasteiger partial charge in [0.05, 0.1) is 10.7 Å². The van der Waals surface area contributed by atoms with Gasteiger partial charge in [0.1, 0.15) is 6.23 Å². The number of hydrogen-bond acceptors (Lipinski definition) is 4. The third kappa shape index (κ3) is 3.23. The smallest absolute Gasteiger partial charge is 0.224 e. The van der Waals surface area contributed by atoms with Crippen molar-refractivity contribution in [2.24, 2.45) is 5.92 Å². The Morgan fingerprint density at radius 3 is 2.67 bits per heavy atom. The molecule has 1 aromatic rings. The molecule has 3 rings (SSSR count). The lowest BCUT2D eigenvalue weighted by Gasteiger charge is -2.32. The van der Waals surface area contributed by atoms with Gasteiger partial charge in [0.25, 0.3) is 0 Å². The minimum absolute atomic E-state index is 0.00164. The molecule has 2 atom stereocenters. The van der Waals surface area contributed by atoms with Crippen molar-refractivity contribution in [3.8, 4) is 0 Å². The van der Waals surface area contributed by atoms with E-state index in [1.165, 1.54) is 31.6 Å². The van der Waals surface area contributed by atoms with Gasteiger partial charge in [-0.2, -0.15) is 0 Å². The normalized spacial score (nSPS) is 25.9. The number of hydrogen-bond donors (Lipinski definition) is 1. The Labute approximate surface area is 147 Å². The van der Waals surface area contributed by atoms with E-state index < -0.39 is 6.23 Å². The van der Waals surface area contributed by atoms with Crippen molar-refractivity contribution >= 4 is 23.4 Å². The molecule has 2 aliphatic rings. The molecule has 5 heteroatoms. The molecule has 24 heavy (non-hydrogen) atoms. The van der Waals surface area contributed by atoms with Crippen LogP contribution in [0, 0.1) is 19.8 Å². The van der Waals surface area contributed by atoms with Gasteiger partial charge in [0.15, 0.2) is 0 Å². The van der Waals surface area contributed by atoms with Gasteiger partial charge < -0.3 is 14.9 Å². The minimum Gasteiger partial charge on any atom is -0.374 e. The van der Waals surface area contributed by atoms with Crippen LogP contribution < -0.4 is 4.90 Å². The van der Waals surface area contributed by atoms with E-state index in [1.54, 1.807) is 18.8 Å². The number of allylic oxidation sites excluding steroid dienone is 3. The van der Waals surface area contributed by atoms with Crippen LogP contribution in [0.4, 0.5) is 5.69 Å². The van der Waals surface area contributed by atoms with Crippen LogP contribution in [0.3, 0.4) is 0 Å². The first kappa shape index (κ1) is 17.1. The van der Waals surface area contributed by atoms with Crippen LogP contribution in [0.25, 0.3) is 0 Å². The van der Waals surface area contributed by atoms with E-state index in [1.807, 2.05) is 12.2 Å². The van der Waals surface area contributed by atoms with Gasteiger partial charge in [-0.25, -0.2) is 0 Å². The van der Waals surface area contributed by atoms with Crippen LogP contribution in [-0.4, -0.2) is 36.2 Å². The van der Waals surface area contributed by atoms with Crippen LogP contribution in [0.5, 0.6) is 0 Å². The predicted molar refractivity (Wildman–Crippen MR) is 98.9 cm³/mol. The first-order valence-electron chi connectivity index (χ1n) is 8.22. The van der Waals surface area contributed by atoms with E-state index in [0.717, 1.165) is 0 Å². The summed E-state index contributed by atoms with van der Waals surface area (Å²) < 4.78 is 0. The molecule has 0 saturated carbocycles. The Balaban J connectivity index is 1.71. The summed E-state index contributed by atoms with van der Waals surface area (Å²) in [6, 6.07) is 4.47. The average molecular weight is 344 g/mol. The number of rotatable bonds is 2. The molecule has 0 aliphatic carbocycles. The number of anilines is 1. The SMILES string of the molecule is Cc1cc2c(cc1C)N(C)/C(=C/C=C\C1CC(=O)N(C)C(O)C1)S2. The third-order valence-electron chi connectivity index (χ3n) is 4.89. The minimum atomic E-state index is -0.674. The van der Waals surface area contributed by atoms with Crippen LogP contribution in [0.1, 0.15) is 24.0 Å². The third-order valence-corrected chi connectivity index (χ3v) is 6.06. The van der Waals surface area contributed by atoms with Gasteiger partial charge in [-0.15, -0.1) is 0 Å². The Kier molecular flexibility index (Phi) is 4.74. The predicted octanol–water partition coefficient (Wildman–Crippen LogP) is 3.43. The standard InChI is InChI=1S/C19H24N2O2S/c1-12-8-15-16(9-13(12)2)24-19(20(15)3)7-5-6-14-10-17(22)21(4)18(23)11-14/h5-9,14,17,22H,10-11H2,1-4H3/b6-5-,19-7-. The summed E-state index contributed by atoms with van der Waals surface area (Å²) in [6.07, 6.45) is 6.53. The Morgan fingerprint density at radius 1 is 1.25 bits per heavy atom. The highest BCUT2D eigenvalue weighted by Crippen LogP contribution is 2.46. The number of aliphatic hydroxyl groups excluding tert-OH is 1. The summed E-state index contributed by atoms with van der Waals surface area (Å²) in [5, 5.41) is 11.1. The lowest BCUT2D eigenvalue weighted by molar-refractivity contribution is -0.145. The molecular formula is C19H24N2O2S. The molecule has 0 bridgehead atoms. The topological polar surface area (TPSA) is 43.8 Å². The van der Waals surface area contributed by atoms with Crippen molar-refractivity contribution in [3.05, 3.63) is 46.5 Å². The van der Waals surface area contributed by atoms with Crippen LogP contribution in [-0.2, 0) is 4.79 Å². The number of likely N-dealkylation sites (tertiary alicyclic amines) is 1. The zero-order valence-corrected chi connectivity index (χ0v) is 15.4. The molecule has 2 unspecified atom stereocenters. The molecule has 1 amide bonds. The zero-order valence-electron chi connectivity index (χ0n) is 14.6. The summed E-state index contributed by atoms with van der Waals surface area (Å²) in [4.78, 5) is 16.7. The highest BCUT2D eigenvalue weighted by Gasteiger charge is 2.28. The van der Waals surface area contributed by atoms with Crippen molar-refractivity contribution in [1.29, 1.82) is 0 Å². The van der Waals surface area contributed by atoms with Gasteiger partial charge in [0, 0.05) is 25.4 Å². The molecule has 128 valence electrons. The van der Waals surface area contributed by atoms with Gasteiger partial charge in [-0.1, -0.05) is 23.9 Å². The van der Waals surface area contributed by atoms with Crippen molar-refractivity contribution in [1.82, 2.24) is 4.90 Å². The first-order chi connectivity index (χ1) is 11.4. The zero-order chi connectivity index (χ0) is 17.4. The highest BCUT2D eigenvalue weighted by atomic mass is 32.2. The monoisotopic (exact) mass is 344 g/mol. The van der Waals surface area contributed by atoms with Crippen molar-refractivity contribution in [3.63, 3.8) is 0 Å². The van der Waals surface area contributed by atoms with Crippen molar-refractivity contribution < 1.29 is 9.90 Å². The van der Waals surface area contributed by atoms with Crippen molar-refractivity contribution in [2.75, 3.05) is 19.0 Å². The van der Waals surface area contributed by atoms with Gasteiger partial charge >= 0.3 is 0 Å². The largest absolute Gasteiger partial charge is 0.374 e. The molecule has 2 heterocycles. The maximum atomic E-state index is 11.8. The number of aryl methyl sites for hydroxylation is 2. The maximum absolute atomic E-state index is 11.8. The van der Waals surface area contributed by atoms with Gasteiger partial charge in [-0.05, 0) is 55.5 Å². The van der Waals surface area contributed by atoms with Crippen LogP contribution >= 0.6 is 11.8 Å². The Bertz CT molecular complexity index is 726. The lowest BCUT2D eigenvalue weighted by Crippen LogP contribution is -2.43. The van der Waals surface area contributed by atoms with Gasteiger partial charge in [0.2, 0.25) is 5.91 Å². The molecule has 0 spiro atoms. The number of thioether (sulfide) groups is 1. The number of fused-ring (bicyclic) bond motifs is 1. The molecule has 4 nitrogen and oxygen atoms in total. The van der Waals surface area contributed by atoms with Crippen molar-refractivity contribution in [2.45, 2.75) is 37.8 Å². The average Bonchev–Trinajstić information content (AvgIpc) is 2.81. The number of aliphatic hydroxyl groups is 1. The fourth-order valence-corrected chi connectivity index (χ4v) is 4.20. The summed E-state index contributed by atoms with van der Waals surface area (Å²) in [5.41, 5.74) is 3.86. The highest BCUT2D eigenvalue weighted by molar-refractivity contribution is 8.03. The van der Waals surface area contributed by atoms with E-state index in [-0.39, 0.29) is 11.8 Å². The number of carbonyl (C=O) groups excluding carboxylic acids is 1. The van der Waals surface area contributed by atoms with E-state index in [0.29, 0.717) is 12.8 Å². The fraction of sp³-hybridized carbons (Fsp3) is 0.421. The summed E-state index contributed by atoms with van der Waals surface area (Å²) >= 11 is 1.77. The molecule has 2 aliphatic heterocycles. The lowest BCUT2D eigenvalue weighted by atomic mass is 9.95. The van der Waals surface area contributed by atoms with E-state index in [4.69, 9.17) is 0 Å². The Morgan fingerprint density at radius 2 is 1.96 bits per heavy atom. The number of piperidine rings is 1. The van der Waals surface area contributed by atoms with Crippen LogP contribution in [0.2, 0.25) is 0 Å². The second-order valence-electron chi connectivity index (χ2n) is 6.64. The second kappa shape index (κ2) is 6.65. The number of carbonyl (C=O) groups is 1. The number of nitrogens with zero attached hydrogens (tertiary/aromatic N) is 2. The van der Waals surface area contributed by atoms with E-state index in [2.05, 4.69) is 44.0 Å². The number of benzene rings is 1. The molecule has 1 fully saturated rings. The molecule has 1 saturated heterocycles. The maximum Gasteiger partial charge on any atom is 0.224 e. The molecule has 1 aromatic carbocycles. The molecular weight excluding hydrogens is 320 g/mol. The first-order valence-corrected chi connectivity index (χ1v) is 9.03. The number of amides is 1. The van der Waals surface area contributed by atoms with E-state index in [9.17, 15) is 9.90 Å². The summed E-state index contributed by atoms with van der Waals surface area (Å²) in [5.74, 6) is 0.103. The molecule has 0 radical (unpaired) electrons. The van der Waals surface area contributed by atoms with Gasteiger partial charge in [-0.3, -0.25) is 4.79 Å². The second-order valence-corrected chi connectivity index (χ2v) is 7.70. The fourth-order valence-electron chi connectivity index (χ4n) is 3.05. The summed E-state index contributed by atoms with van der Waals surface area (Å²) in [6.45, 7) is 4.28. The Hall–Kier alpha value is -1.72. The van der Waals surface area contributed by atoms with Crippen LogP contribution in [0.15, 0.2) is 40.3 Å². The quantitative estimate of drug-likeness (QED) is 0.893. The summed E-state index contributed by atoms with van der Waals surface area (Å²) in [7, 11) is 3.73. The van der Waals surface area contributed by atoms with E-state index >= 15 is 0 Å². The molecule has 0 aromatic heterocycles.